The summed E-state index contributed by atoms with van der Waals surface area (Å²) >= 11 is 0. The van der Waals surface area contributed by atoms with Gasteiger partial charge in [-0.05, 0) is 12.0 Å². The van der Waals surface area contributed by atoms with Crippen molar-refractivity contribution in [2.75, 3.05) is 32.7 Å². The van der Waals surface area contributed by atoms with Crippen molar-refractivity contribution in [2.24, 2.45) is 5.41 Å². The Morgan fingerprint density at radius 1 is 1.00 bits per heavy atom. The summed E-state index contributed by atoms with van der Waals surface area (Å²) in [5, 5.41) is 0. The molecular weight excluding hydrogens is 288 g/mol. The van der Waals surface area contributed by atoms with Gasteiger partial charge in [0.25, 0.3) is 0 Å². The van der Waals surface area contributed by atoms with Gasteiger partial charge in [0.05, 0.1) is 6.54 Å². The molecule has 0 saturated carbocycles. The van der Waals surface area contributed by atoms with Gasteiger partial charge < -0.3 is 4.90 Å². The van der Waals surface area contributed by atoms with Crippen LogP contribution in [0.1, 0.15) is 43.6 Å². The van der Waals surface area contributed by atoms with Crippen LogP contribution >= 0.6 is 0 Å². The van der Waals surface area contributed by atoms with Crippen molar-refractivity contribution in [2.45, 2.75) is 34.1 Å². The zero-order valence-corrected chi connectivity index (χ0v) is 14.8. The fourth-order valence-corrected chi connectivity index (χ4v) is 2.80. The summed E-state index contributed by atoms with van der Waals surface area (Å²) < 4.78 is 0. The topological polar surface area (TPSA) is 40.6 Å². The molecule has 0 radical (unpaired) electrons. The van der Waals surface area contributed by atoms with Crippen molar-refractivity contribution in [3.8, 4) is 0 Å². The van der Waals surface area contributed by atoms with E-state index in [1.807, 2.05) is 49.9 Å². The molecule has 4 nitrogen and oxygen atoms in total. The van der Waals surface area contributed by atoms with Crippen LogP contribution in [0, 0.1) is 5.41 Å². The van der Waals surface area contributed by atoms with Crippen LogP contribution < -0.4 is 0 Å². The molecule has 0 bridgehead atoms. The molecule has 1 heterocycles. The number of hydrogen-bond acceptors (Lipinski definition) is 3. The highest BCUT2D eigenvalue weighted by atomic mass is 16.2. The molecule has 0 atom stereocenters. The van der Waals surface area contributed by atoms with Gasteiger partial charge in [-0.25, -0.2) is 0 Å². The molecule has 1 amide bonds. The number of amides is 1. The number of benzene rings is 1. The molecule has 1 fully saturated rings. The first-order valence-corrected chi connectivity index (χ1v) is 8.45. The zero-order valence-electron chi connectivity index (χ0n) is 14.8. The van der Waals surface area contributed by atoms with Crippen LogP contribution in [0.3, 0.4) is 0 Å². The van der Waals surface area contributed by atoms with Crippen molar-refractivity contribution in [3.63, 3.8) is 0 Å². The summed E-state index contributed by atoms with van der Waals surface area (Å²) in [7, 11) is 0. The Balaban J connectivity index is 1.86. The molecule has 2 rings (SSSR count). The minimum absolute atomic E-state index is 0.156. The smallest absolute Gasteiger partial charge is 0.228 e. The lowest BCUT2D eigenvalue weighted by Crippen LogP contribution is -2.52. The maximum atomic E-state index is 12.4. The third-order valence-electron chi connectivity index (χ3n) is 4.35. The van der Waals surface area contributed by atoms with Gasteiger partial charge in [0.15, 0.2) is 5.78 Å². The Morgan fingerprint density at radius 3 is 2.04 bits per heavy atom. The molecule has 0 unspecified atom stereocenters. The molecule has 1 aliphatic rings. The molecule has 23 heavy (non-hydrogen) atoms. The largest absolute Gasteiger partial charge is 0.340 e. The predicted molar refractivity (Wildman–Crippen MR) is 92.6 cm³/mol. The molecule has 126 valence electrons. The van der Waals surface area contributed by atoms with E-state index in [0.717, 1.165) is 25.1 Å². The van der Waals surface area contributed by atoms with Gasteiger partial charge in [0.1, 0.15) is 0 Å². The molecule has 0 aliphatic carbocycles. The van der Waals surface area contributed by atoms with Crippen LogP contribution in [0.25, 0.3) is 0 Å². The number of carbonyl (C=O) groups excluding carboxylic acids is 2. The Kier molecular flexibility index (Phi) is 5.58. The van der Waals surface area contributed by atoms with Crippen LogP contribution in [-0.2, 0) is 11.2 Å². The third-order valence-corrected chi connectivity index (χ3v) is 4.35. The van der Waals surface area contributed by atoms with E-state index in [0.29, 0.717) is 19.6 Å². The Bertz CT molecular complexity index is 550. The predicted octanol–water partition coefficient (Wildman–Crippen LogP) is 2.62. The van der Waals surface area contributed by atoms with Crippen molar-refractivity contribution in [3.05, 3.63) is 35.4 Å². The fourth-order valence-electron chi connectivity index (χ4n) is 2.80. The van der Waals surface area contributed by atoms with Gasteiger partial charge in [-0.15, -0.1) is 0 Å². The van der Waals surface area contributed by atoms with Gasteiger partial charge >= 0.3 is 0 Å². The van der Waals surface area contributed by atoms with Gasteiger partial charge in [0, 0.05) is 37.2 Å². The standard InChI is InChI=1S/C19H28N2O2/c1-5-15-6-8-16(9-7-15)17(22)14-20-10-12-21(13-11-20)18(23)19(2,3)4/h6-9H,5,10-14H2,1-4H3. The number of piperazine rings is 1. The van der Waals surface area contributed by atoms with E-state index in [4.69, 9.17) is 0 Å². The highest BCUT2D eigenvalue weighted by molar-refractivity contribution is 5.97. The van der Waals surface area contributed by atoms with Crippen LogP contribution in [0.5, 0.6) is 0 Å². The van der Waals surface area contributed by atoms with Gasteiger partial charge in [-0.3, -0.25) is 14.5 Å². The number of aryl methyl sites for hydroxylation is 1. The van der Waals surface area contributed by atoms with Crippen molar-refractivity contribution < 1.29 is 9.59 Å². The second kappa shape index (κ2) is 7.26. The van der Waals surface area contributed by atoms with Gasteiger partial charge in [-0.1, -0.05) is 52.0 Å². The van der Waals surface area contributed by atoms with E-state index in [-0.39, 0.29) is 17.1 Å². The normalized spacial score (nSPS) is 16.4. The number of rotatable bonds is 4. The molecule has 4 heteroatoms. The highest BCUT2D eigenvalue weighted by Crippen LogP contribution is 2.18. The molecule has 1 aromatic carbocycles. The molecule has 0 N–H and O–H groups in total. The molecule has 0 aromatic heterocycles. The van der Waals surface area contributed by atoms with Crippen LogP contribution in [0.2, 0.25) is 0 Å². The maximum absolute atomic E-state index is 12.4. The maximum Gasteiger partial charge on any atom is 0.228 e. The second-order valence-electron chi connectivity index (χ2n) is 7.29. The van der Waals surface area contributed by atoms with E-state index >= 15 is 0 Å². The number of nitrogens with zero attached hydrogens (tertiary/aromatic N) is 2. The minimum atomic E-state index is -0.334. The third kappa shape index (κ3) is 4.64. The van der Waals surface area contributed by atoms with E-state index < -0.39 is 0 Å². The molecule has 0 spiro atoms. The first-order chi connectivity index (χ1) is 10.8. The van der Waals surface area contributed by atoms with Gasteiger partial charge in [-0.2, -0.15) is 0 Å². The van der Waals surface area contributed by atoms with Crippen LogP contribution in [0.4, 0.5) is 0 Å². The van der Waals surface area contributed by atoms with Crippen LogP contribution in [0.15, 0.2) is 24.3 Å². The van der Waals surface area contributed by atoms with Crippen molar-refractivity contribution in [1.29, 1.82) is 0 Å². The monoisotopic (exact) mass is 316 g/mol. The van der Waals surface area contributed by atoms with E-state index in [9.17, 15) is 9.59 Å². The summed E-state index contributed by atoms with van der Waals surface area (Å²) in [6.45, 7) is 11.3. The lowest BCUT2D eigenvalue weighted by atomic mass is 9.94. The van der Waals surface area contributed by atoms with Crippen molar-refractivity contribution in [1.82, 2.24) is 9.80 Å². The molecular formula is C19H28N2O2. The van der Waals surface area contributed by atoms with Crippen LogP contribution in [-0.4, -0.2) is 54.2 Å². The minimum Gasteiger partial charge on any atom is -0.340 e. The second-order valence-corrected chi connectivity index (χ2v) is 7.29. The average Bonchev–Trinajstić information content (AvgIpc) is 2.54. The summed E-state index contributed by atoms with van der Waals surface area (Å²) in [4.78, 5) is 28.7. The SMILES string of the molecule is CCc1ccc(C(=O)CN2CCN(C(=O)C(C)(C)C)CC2)cc1. The highest BCUT2D eigenvalue weighted by Gasteiger charge is 2.30. The summed E-state index contributed by atoms with van der Waals surface area (Å²) in [5.41, 5.74) is 1.69. The summed E-state index contributed by atoms with van der Waals surface area (Å²) in [6, 6.07) is 7.88. The number of carbonyl (C=O) groups is 2. The van der Waals surface area contributed by atoms with E-state index in [1.165, 1.54) is 5.56 Å². The molecule has 1 aromatic rings. The Labute approximate surface area is 139 Å². The zero-order chi connectivity index (χ0) is 17.0. The lowest BCUT2D eigenvalue weighted by molar-refractivity contribution is -0.141. The Hall–Kier alpha value is -1.68. The molecule has 1 aliphatic heterocycles. The average molecular weight is 316 g/mol. The summed E-state index contributed by atoms with van der Waals surface area (Å²) in [6.07, 6.45) is 0.984. The molecule has 1 saturated heterocycles. The van der Waals surface area contributed by atoms with Gasteiger partial charge in [0.2, 0.25) is 5.91 Å². The first-order valence-electron chi connectivity index (χ1n) is 8.45. The first kappa shape index (κ1) is 17.7. The quantitative estimate of drug-likeness (QED) is 0.802. The van der Waals surface area contributed by atoms with E-state index in [2.05, 4.69) is 11.8 Å². The summed E-state index contributed by atoms with van der Waals surface area (Å²) in [5.74, 6) is 0.349. The number of ketones is 1. The number of hydrogen-bond donors (Lipinski definition) is 0. The van der Waals surface area contributed by atoms with E-state index in [1.54, 1.807) is 0 Å². The lowest BCUT2D eigenvalue weighted by Gasteiger charge is -2.37. The number of Topliss-reactive ketones (excluding diaryl/α,β-unsaturated/α-hetero) is 1. The fraction of sp³-hybridized carbons (Fsp3) is 0.579. The van der Waals surface area contributed by atoms with Crippen molar-refractivity contribution >= 4 is 11.7 Å². The Morgan fingerprint density at radius 2 is 1.57 bits per heavy atom.